The van der Waals surface area contributed by atoms with E-state index in [1.807, 2.05) is 12.1 Å². The van der Waals surface area contributed by atoms with E-state index in [1.165, 1.54) is 12.1 Å². The summed E-state index contributed by atoms with van der Waals surface area (Å²) < 4.78 is 42.6. The van der Waals surface area contributed by atoms with Crippen LogP contribution in [0.2, 0.25) is 0 Å². The Bertz CT molecular complexity index is 810. The van der Waals surface area contributed by atoms with Crippen LogP contribution >= 0.6 is 24.0 Å². The van der Waals surface area contributed by atoms with Gasteiger partial charge in [-0.3, -0.25) is 4.99 Å². The van der Waals surface area contributed by atoms with E-state index in [0.29, 0.717) is 48.3 Å². The molecular formula is C20H26F2IN3O3. The minimum atomic E-state index is -0.586. The minimum Gasteiger partial charge on any atom is -0.493 e. The number of guanidine groups is 1. The van der Waals surface area contributed by atoms with Crippen LogP contribution in [0.4, 0.5) is 8.78 Å². The fourth-order valence-corrected chi connectivity index (χ4v) is 2.68. The van der Waals surface area contributed by atoms with Gasteiger partial charge in [0.2, 0.25) is 5.75 Å². The molecule has 0 aliphatic heterocycles. The molecule has 0 saturated carbocycles. The Kier molecular flexibility index (Phi) is 10.5. The van der Waals surface area contributed by atoms with Crippen molar-refractivity contribution in [3.05, 3.63) is 53.1 Å². The van der Waals surface area contributed by atoms with E-state index >= 15 is 0 Å². The van der Waals surface area contributed by atoms with Gasteiger partial charge in [0.05, 0.1) is 21.3 Å². The molecule has 0 atom stereocenters. The first-order chi connectivity index (χ1) is 13.5. The zero-order valence-corrected chi connectivity index (χ0v) is 19.2. The molecule has 160 valence electrons. The van der Waals surface area contributed by atoms with E-state index in [4.69, 9.17) is 14.2 Å². The summed E-state index contributed by atoms with van der Waals surface area (Å²) in [6.45, 7) is 0.902. The van der Waals surface area contributed by atoms with Gasteiger partial charge in [0.1, 0.15) is 11.6 Å². The van der Waals surface area contributed by atoms with Crippen LogP contribution in [0, 0.1) is 11.6 Å². The Morgan fingerprint density at radius 3 is 2.14 bits per heavy atom. The third kappa shape index (κ3) is 6.91. The van der Waals surface area contributed by atoms with Gasteiger partial charge >= 0.3 is 0 Å². The molecule has 0 heterocycles. The second kappa shape index (κ2) is 12.3. The maximum absolute atomic E-state index is 13.7. The lowest BCUT2D eigenvalue weighted by Gasteiger charge is -2.16. The lowest BCUT2D eigenvalue weighted by Crippen LogP contribution is -2.37. The van der Waals surface area contributed by atoms with Crippen LogP contribution in [0.1, 0.15) is 11.1 Å². The van der Waals surface area contributed by atoms with Gasteiger partial charge in [0, 0.05) is 26.2 Å². The number of ether oxygens (including phenoxy) is 3. The van der Waals surface area contributed by atoms with E-state index in [9.17, 15) is 8.78 Å². The third-order valence-corrected chi connectivity index (χ3v) is 4.11. The maximum atomic E-state index is 13.7. The highest BCUT2D eigenvalue weighted by Gasteiger charge is 2.13. The smallest absolute Gasteiger partial charge is 0.203 e. The number of methoxy groups -OCH3 is 3. The molecule has 0 aliphatic carbocycles. The van der Waals surface area contributed by atoms with Gasteiger partial charge in [-0.05, 0) is 35.7 Å². The Balaban J connectivity index is 0.00000420. The Morgan fingerprint density at radius 2 is 1.62 bits per heavy atom. The molecule has 6 nitrogen and oxygen atoms in total. The summed E-state index contributed by atoms with van der Waals surface area (Å²) in [6, 6.07) is 7.26. The van der Waals surface area contributed by atoms with Gasteiger partial charge in [0.25, 0.3) is 0 Å². The van der Waals surface area contributed by atoms with Crippen molar-refractivity contribution in [2.24, 2.45) is 4.99 Å². The molecule has 2 aromatic rings. The standard InChI is InChI=1S/C20H25F2N3O3.HI/c1-23-20(24-8-7-14-5-6-15(21)11-16(14)22)25-12-13-9-17(26-2)19(28-4)18(10-13)27-3;/h5-6,9-11H,7-8,12H2,1-4H3,(H2,23,24,25);1H. The van der Waals surface area contributed by atoms with Crippen molar-refractivity contribution in [1.29, 1.82) is 0 Å². The number of halogens is 3. The van der Waals surface area contributed by atoms with E-state index in [1.54, 1.807) is 28.4 Å². The van der Waals surface area contributed by atoms with Crippen molar-refractivity contribution in [2.75, 3.05) is 34.9 Å². The molecule has 2 aromatic carbocycles. The van der Waals surface area contributed by atoms with Crippen LogP contribution in [0.3, 0.4) is 0 Å². The first kappa shape index (κ1) is 24.7. The van der Waals surface area contributed by atoms with Crippen molar-refractivity contribution in [2.45, 2.75) is 13.0 Å². The number of hydrogen-bond donors (Lipinski definition) is 2. The summed E-state index contributed by atoms with van der Waals surface area (Å²) in [5.41, 5.74) is 1.34. The third-order valence-electron chi connectivity index (χ3n) is 4.11. The predicted molar refractivity (Wildman–Crippen MR) is 120 cm³/mol. The zero-order chi connectivity index (χ0) is 20.5. The quantitative estimate of drug-likeness (QED) is 0.317. The van der Waals surface area contributed by atoms with Crippen molar-refractivity contribution in [1.82, 2.24) is 10.6 Å². The van der Waals surface area contributed by atoms with Crippen LogP contribution in [-0.4, -0.2) is 40.9 Å². The first-order valence-corrected chi connectivity index (χ1v) is 8.69. The monoisotopic (exact) mass is 521 g/mol. The van der Waals surface area contributed by atoms with Crippen LogP contribution in [0.15, 0.2) is 35.3 Å². The fourth-order valence-electron chi connectivity index (χ4n) is 2.68. The summed E-state index contributed by atoms with van der Waals surface area (Å²) in [5, 5.41) is 6.27. The van der Waals surface area contributed by atoms with Gasteiger partial charge in [-0.15, -0.1) is 24.0 Å². The van der Waals surface area contributed by atoms with E-state index in [-0.39, 0.29) is 24.0 Å². The molecule has 2 rings (SSSR count). The molecule has 0 amide bonds. The van der Waals surface area contributed by atoms with Crippen molar-refractivity contribution in [3.63, 3.8) is 0 Å². The molecule has 2 N–H and O–H groups in total. The van der Waals surface area contributed by atoms with Crippen molar-refractivity contribution in [3.8, 4) is 17.2 Å². The number of aliphatic imine (C=N–C) groups is 1. The molecule has 0 aromatic heterocycles. The highest BCUT2D eigenvalue weighted by molar-refractivity contribution is 14.0. The number of rotatable bonds is 8. The normalized spacial score (nSPS) is 10.8. The number of nitrogens with one attached hydrogen (secondary N) is 2. The van der Waals surface area contributed by atoms with Crippen LogP contribution < -0.4 is 24.8 Å². The van der Waals surface area contributed by atoms with Crippen LogP contribution in [-0.2, 0) is 13.0 Å². The average Bonchev–Trinajstić information content (AvgIpc) is 2.70. The summed E-state index contributed by atoms with van der Waals surface area (Å²) in [4.78, 5) is 4.14. The fraction of sp³-hybridized carbons (Fsp3) is 0.350. The molecule has 0 bridgehead atoms. The second-order valence-electron chi connectivity index (χ2n) is 5.87. The number of hydrogen-bond acceptors (Lipinski definition) is 4. The van der Waals surface area contributed by atoms with Crippen LogP contribution in [0.25, 0.3) is 0 Å². The van der Waals surface area contributed by atoms with Gasteiger partial charge in [-0.1, -0.05) is 6.07 Å². The lowest BCUT2D eigenvalue weighted by atomic mass is 10.1. The van der Waals surface area contributed by atoms with E-state index in [0.717, 1.165) is 11.6 Å². The highest BCUT2D eigenvalue weighted by Crippen LogP contribution is 2.38. The van der Waals surface area contributed by atoms with Crippen molar-refractivity contribution >= 4 is 29.9 Å². The van der Waals surface area contributed by atoms with E-state index in [2.05, 4.69) is 15.6 Å². The largest absolute Gasteiger partial charge is 0.493 e. The molecular weight excluding hydrogens is 495 g/mol. The second-order valence-corrected chi connectivity index (χ2v) is 5.87. The summed E-state index contributed by atoms with van der Waals surface area (Å²) in [5.74, 6) is 1.06. The summed E-state index contributed by atoms with van der Waals surface area (Å²) >= 11 is 0. The Hall–Kier alpha value is -2.30. The Labute approximate surface area is 186 Å². The minimum absolute atomic E-state index is 0. The molecule has 9 heteroatoms. The van der Waals surface area contributed by atoms with Gasteiger partial charge < -0.3 is 24.8 Å². The molecule has 0 saturated heterocycles. The maximum Gasteiger partial charge on any atom is 0.203 e. The zero-order valence-electron chi connectivity index (χ0n) is 16.8. The molecule has 0 fully saturated rings. The molecule has 0 radical (unpaired) electrons. The van der Waals surface area contributed by atoms with Gasteiger partial charge in [0.15, 0.2) is 17.5 Å². The first-order valence-electron chi connectivity index (χ1n) is 8.69. The molecule has 0 aliphatic rings. The molecule has 0 unspecified atom stereocenters. The van der Waals surface area contributed by atoms with E-state index < -0.39 is 11.6 Å². The SMILES string of the molecule is CN=C(NCCc1ccc(F)cc1F)NCc1cc(OC)c(OC)c(OC)c1.I. The topological polar surface area (TPSA) is 64.1 Å². The van der Waals surface area contributed by atoms with Gasteiger partial charge in [-0.2, -0.15) is 0 Å². The summed E-state index contributed by atoms with van der Waals surface area (Å²) in [7, 11) is 6.31. The number of benzene rings is 2. The lowest BCUT2D eigenvalue weighted by molar-refractivity contribution is 0.323. The molecule has 0 spiro atoms. The van der Waals surface area contributed by atoms with Gasteiger partial charge in [-0.25, -0.2) is 8.78 Å². The number of nitrogens with zero attached hydrogens (tertiary/aromatic N) is 1. The van der Waals surface area contributed by atoms with Crippen LogP contribution in [0.5, 0.6) is 17.2 Å². The summed E-state index contributed by atoms with van der Waals surface area (Å²) in [6.07, 6.45) is 0.400. The molecule has 29 heavy (non-hydrogen) atoms. The predicted octanol–water partition coefficient (Wildman–Crippen LogP) is 3.52. The Morgan fingerprint density at radius 1 is 0.966 bits per heavy atom. The highest BCUT2D eigenvalue weighted by atomic mass is 127. The average molecular weight is 521 g/mol. The van der Waals surface area contributed by atoms with Crippen molar-refractivity contribution < 1.29 is 23.0 Å².